The molecule has 0 aliphatic carbocycles. The zero-order chi connectivity index (χ0) is 7.98. The molecule has 0 rings (SSSR count). The lowest BCUT2D eigenvalue weighted by Gasteiger charge is -2.13. The summed E-state index contributed by atoms with van der Waals surface area (Å²) in [6.45, 7) is 2.33. The Bertz CT molecular complexity index is 105. The Balaban J connectivity index is 3.68. The van der Waals surface area contributed by atoms with Gasteiger partial charge in [-0.05, 0) is 6.92 Å². The topological polar surface area (TPSA) is 51.5 Å². The van der Waals surface area contributed by atoms with E-state index in [9.17, 15) is 0 Å². The van der Waals surface area contributed by atoms with Crippen LogP contribution in [0.4, 0.5) is 0 Å². The quantitative estimate of drug-likeness (QED) is 0.360. The second-order valence-corrected chi connectivity index (χ2v) is 1.59. The molecule has 1 unspecified atom stereocenters. The number of methoxy groups -OCH3 is 2. The van der Waals surface area contributed by atoms with Crippen LogP contribution in [0.25, 0.3) is 0 Å². The van der Waals surface area contributed by atoms with Crippen molar-refractivity contribution in [3.8, 4) is 0 Å². The van der Waals surface area contributed by atoms with Gasteiger partial charge in [0.1, 0.15) is 0 Å². The highest BCUT2D eigenvalue weighted by molar-refractivity contribution is 5.75. The molecule has 0 bridgehead atoms. The van der Waals surface area contributed by atoms with E-state index in [1.807, 2.05) is 6.92 Å². The number of ether oxygens (including phenoxy) is 3. The molecule has 0 saturated carbocycles. The molecule has 0 aromatic heterocycles. The van der Waals surface area contributed by atoms with Crippen LogP contribution in [-0.2, 0) is 14.2 Å². The van der Waals surface area contributed by atoms with E-state index in [2.05, 4.69) is 4.74 Å². The summed E-state index contributed by atoms with van der Waals surface area (Å²) in [5.41, 5.74) is 0. The van der Waals surface area contributed by atoms with Crippen molar-refractivity contribution in [2.75, 3.05) is 20.8 Å². The van der Waals surface area contributed by atoms with Crippen molar-refractivity contribution in [3.05, 3.63) is 0 Å². The van der Waals surface area contributed by atoms with Crippen LogP contribution in [0, 0.1) is 5.41 Å². The molecule has 0 saturated heterocycles. The van der Waals surface area contributed by atoms with Gasteiger partial charge in [0.2, 0.25) is 12.2 Å². The number of hydrogen-bond acceptors (Lipinski definition) is 4. The molecule has 0 aliphatic rings. The molecular weight excluding hydrogens is 134 g/mol. The third-order valence-corrected chi connectivity index (χ3v) is 0.966. The molecule has 0 aromatic rings. The van der Waals surface area contributed by atoms with Crippen LogP contribution in [0.2, 0.25) is 0 Å². The molecule has 0 amide bonds. The normalized spacial score (nSPS) is 12.7. The Kier molecular flexibility index (Phi) is 4.88. The summed E-state index contributed by atoms with van der Waals surface area (Å²) in [6.07, 6.45) is -0.657. The van der Waals surface area contributed by atoms with Gasteiger partial charge < -0.3 is 14.2 Å². The monoisotopic (exact) mass is 147 g/mol. The fraction of sp³-hybridized carbons (Fsp3) is 0.833. The predicted octanol–water partition coefficient (Wildman–Crippen LogP) is 0.619. The van der Waals surface area contributed by atoms with E-state index in [-0.39, 0.29) is 5.90 Å². The summed E-state index contributed by atoms with van der Waals surface area (Å²) >= 11 is 0. The molecule has 4 nitrogen and oxygen atoms in total. The van der Waals surface area contributed by atoms with Gasteiger partial charge in [-0.2, -0.15) is 0 Å². The summed E-state index contributed by atoms with van der Waals surface area (Å²) in [5, 5.41) is 7.13. The molecule has 0 aromatic carbocycles. The summed E-state index contributed by atoms with van der Waals surface area (Å²) in [7, 11) is 2.88. The van der Waals surface area contributed by atoms with Gasteiger partial charge >= 0.3 is 0 Å². The Morgan fingerprint density at radius 2 is 2.10 bits per heavy atom. The fourth-order valence-electron chi connectivity index (χ4n) is 0.498. The predicted molar refractivity (Wildman–Crippen MR) is 37.2 cm³/mol. The molecule has 1 N–H and O–H groups in total. The van der Waals surface area contributed by atoms with E-state index in [0.717, 1.165) is 0 Å². The lowest BCUT2D eigenvalue weighted by Crippen LogP contribution is -2.26. The Labute approximate surface area is 60.6 Å². The molecule has 0 aliphatic heterocycles. The summed E-state index contributed by atoms with van der Waals surface area (Å²) in [6, 6.07) is 0. The molecule has 0 spiro atoms. The average molecular weight is 147 g/mol. The van der Waals surface area contributed by atoms with Crippen molar-refractivity contribution in [1.29, 1.82) is 5.41 Å². The molecule has 4 heteroatoms. The van der Waals surface area contributed by atoms with Crippen molar-refractivity contribution in [2.24, 2.45) is 0 Å². The van der Waals surface area contributed by atoms with Crippen LogP contribution in [0.3, 0.4) is 0 Å². The summed E-state index contributed by atoms with van der Waals surface area (Å²) in [4.78, 5) is 0. The van der Waals surface area contributed by atoms with Gasteiger partial charge in [0, 0.05) is 13.7 Å². The Hall–Kier alpha value is -0.610. The van der Waals surface area contributed by atoms with E-state index in [1.54, 1.807) is 0 Å². The van der Waals surface area contributed by atoms with Gasteiger partial charge in [-0.25, -0.2) is 0 Å². The SMILES string of the molecule is CCOC(OC)C(=N)OC. The lowest BCUT2D eigenvalue weighted by molar-refractivity contribution is -0.0836. The van der Waals surface area contributed by atoms with Crippen LogP contribution in [0.1, 0.15) is 6.92 Å². The van der Waals surface area contributed by atoms with Crippen LogP contribution >= 0.6 is 0 Å². The van der Waals surface area contributed by atoms with Crippen molar-refractivity contribution in [3.63, 3.8) is 0 Å². The van der Waals surface area contributed by atoms with Crippen LogP contribution < -0.4 is 0 Å². The molecule has 0 radical (unpaired) electrons. The van der Waals surface area contributed by atoms with Gasteiger partial charge in [0.15, 0.2) is 0 Å². The standard InChI is InChI=1S/C6H13NO3/c1-4-10-6(9-3)5(7)8-2/h6-7H,4H2,1-3H3. The number of nitrogens with one attached hydrogen (secondary N) is 1. The largest absolute Gasteiger partial charge is 0.481 e. The maximum atomic E-state index is 7.13. The first kappa shape index (κ1) is 9.39. The minimum atomic E-state index is -0.657. The first-order valence-corrected chi connectivity index (χ1v) is 3.03. The molecule has 1 atom stereocenters. The minimum absolute atomic E-state index is 0.00986. The third-order valence-electron chi connectivity index (χ3n) is 0.966. The lowest BCUT2D eigenvalue weighted by atomic mass is 10.6. The summed E-state index contributed by atoms with van der Waals surface area (Å²) < 4.78 is 14.3. The Morgan fingerprint density at radius 1 is 1.50 bits per heavy atom. The van der Waals surface area contributed by atoms with Crippen molar-refractivity contribution in [2.45, 2.75) is 13.2 Å². The highest BCUT2D eigenvalue weighted by Gasteiger charge is 2.12. The smallest absolute Gasteiger partial charge is 0.239 e. The first-order valence-electron chi connectivity index (χ1n) is 3.03. The molecule has 10 heavy (non-hydrogen) atoms. The van der Waals surface area contributed by atoms with Gasteiger partial charge in [0.05, 0.1) is 7.11 Å². The van der Waals surface area contributed by atoms with E-state index in [1.165, 1.54) is 14.2 Å². The average Bonchev–Trinajstić information content (AvgIpc) is 1.99. The second-order valence-electron chi connectivity index (χ2n) is 1.59. The van der Waals surface area contributed by atoms with Crippen molar-refractivity contribution < 1.29 is 14.2 Å². The van der Waals surface area contributed by atoms with E-state index in [4.69, 9.17) is 14.9 Å². The van der Waals surface area contributed by atoms with E-state index < -0.39 is 6.29 Å². The van der Waals surface area contributed by atoms with Gasteiger partial charge in [0.25, 0.3) is 0 Å². The third kappa shape index (κ3) is 2.80. The minimum Gasteiger partial charge on any atom is -0.481 e. The Morgan fingerprint density at radius 3 is 2.40 bits per heavy atom. The highest BCUT2D eigenvalue weighted by Crippen LogP contribution is 1.94. The first-order chi connectivity index (χ1) is 4.76. The number of rotatable bonds is 4. The van der Waals surface area contributed by atoms with Crippen LogP contribution in [0.5, 0.6) is 0 Å². The van der Waals surface area contributed by atoms with E-state index >= 15 is 0 Å². The maximum absolute atomic E-state index is 7.13. The summed E-state index contributed by atoms with van der Waals surface area (Å²) in [5.74, 6) is -0.00986. The van der Waals surface area contributed by atoms with Crippen molar-refractivity contribution in [1.82, 2.24) is 0 Å². The maximum Gasteiger partial charge on any atom is 0.239 e. The molecule has 60 valence electrons. The fourth-order valence-corrected chi connectivity index (χ4v) is 0.498. The highest BCUT2D eigenvalue weighted by atomic mass is 16.7. The van der Waals surface area contributed by atoms with Gasteiger partial charge in [-0.1, -0.05) is 0 Å². The zero-order valence-corrected chi connectivity index (χ0v) is 6.51. The molecule has 0 fully saturated rings. The zero-order valence-electron chi connectivity index (χ0n) is 6.51. The van der Waals surface area contributed by atoms with Crippen LogP contribution in [-0.4, -0.2) is 33.0 Å². The van der Waals surface area contributed by atoms with Crippen LogP contribution in [0.15, 0.2) is 0 Å². The molecular formula is C6H13NO3. The van der Waals surface area contributed by atoms with Gasteiger partial charge in [-0.15, -0.1) is 0 Å². The van der Waals surface area contributed by atoms with Crippen molar-refractivity contribution >= 4 is 5.90 Å². The van der Waals surface area contributed by atoms with Gasteiger partial charge in [-0.3, -0.25) is 5.41 Å². The number of hydrogen-bond donors (Lipinski definition) is 1. The molecule has 0 heterocycles. The van der Waals surface area contributed by atoms with E-state index in [0.29, 0.717) is 6.61 Å². The second kappa shape index (κ2) is 5.20.